The standard InChI is InChI=1S/C14H19N3O/c1-9(14(2,3)4)11-8-12(18-17-11)10-6-5-7-13(15)16-10/h5-9H,1-4H3,(H2,15,16). The summed E-state index contributed by atoms with van der Waals surface area (Å²) in [6, 6.07) is 7.41. The molecule has 1 atom stereocenters. The van der Waals surface area contributed by atoms with Gasteiger partial charge in [-0.05, 0) is 17.5 Å². The Morgan fingerprint density at radius 2 is 2.00 bits per heavy atom. The molecule has 1 unspecified atom stereocenters. The predicted molar refractivity (Wildman–Crippen MR) is 72.0 cm³/mol. The van der Waals surface area contributed by atoms with Gasteiger partial charge in [0.25, 0.3) is 0 Å². The highest BCUT2D eigenvalue weighted by Crippen LogP contribution is 2.35. The van der Waals surface area contributed by atoms with Crippen molar-refractivity contribution in [3.05, 3.63) is 30.0 Å². The molecule has 0 aromatic carbocycles. The number of aromatic nitrogens is 2. The number of hydrogen-bond donors (Lipinski definition) is 1. The van der Waals surface area contributed by atoms with Gasteiger partial charge in [-0.25, -0.2) is 4.98 Å². The summed E-state index contributed by atoms with van der Waals surface area (Å²) < 4.78 is 5.35. The van der Waals surface area contributed by atoms with Crippen molar-refractivity contribution >= 4 is 5.82 Å². The number of anilines is 1. The van der Waals surface area contributed by atoms with Crippen LogP contribution in [0, 0.1) is 5.41 Å². The molecule has 0 aliphatic heterocycles. The molecule has 4 nitrogen and oxygen atoms in total. The van der Waals surface area contributed by atoms with Crippen molar-refractivity contribution in [3.8, 4) is 11.5 Å². The molecular formula is C14H19N3O. The van der Waals surface area contributed by atoms with Crippen molar-refractivity contribution < 1.29 is 4.52 Å². The van der Waals surface area contributed by atoms with Crippen molar-refractivity contribution in [1.29, 1.82) is 0 Å². The quantitative estimate of drug-likeness (QED) is 0.879. The SMILES string of the molecule is CC(c1cc(-c2cccc(N)n2)on1)C(C)(C)C. The van der Waals surface area contributed by atoms with Gasteiger partial charge in [0.1, 0.15) is 11.5 Å². The molecule has 96 valence electrons. The fourth-order valence-electron chi connectivity index (χ4n) is 1.65. The predicted octanol–water partition coefficient (Wildman–Crippen LogP) is 3.47. The van der Waals surface area contributed by atoms with Gasteiger partial charge in [0.15, 0.2) is 5.76 Å². The molecular weight excluding hydrogens is 226 g/mol. The minimum absolute atomic E-state index is 0.150. The zero-order valence-electron chi connectivity index (χ0n) is 11.3. The normalized spacial score (nSPS) is 13.6. The van der Waals surface area contributed by atoms with Crippen molar-refractivity contribution in [3.63, 3.8) is 0 Å². The molecule has 0 aliphatic rings. The van der Waals surface area contributed by atoms with E-state index in [1.807, 2.05) is 18.2 Å². The maximum atomic E-state index is 5.66. The van der Waals surface area contributed by atoms with Crippen LogP contribution in [-0.4, -0.2) is 10.1 Å². The Bertz CT molecular complexity index is 540. The fraction of sp³-hybridized carbons (Fsp3) is 0.429. The molecule has 18 heavy (non-hydrogen) atoms. The molecule has 0 aliphatic carbocycles. The zero-order valence-corrected chi connectivity index (χ0v) is 11.3. The molecule has 0 spiro atoms. The molecule has 2 aromatic heterocycles. The molecule has 0 bridgehead atoms. The van der Waals surface area contributed by atoms with E-state index in [2.05, 4.69) is 37.8 Å². The first kappa shape index (κ1) is 12.6. The molecule has 2 heterocycles. The van der Waals surface area contributed by atoms with Crippen molar-refractivity contribution in [2.45, 2.75) is 33.6 Å². The molecule has 2 N–H and O–H groups in total. The van der Waals surface area contributed by atoms with Gasteiger partial charge >= 0.3 is 0 Å². The summed E-state index contributed by atoms with van der Waals surface area (Å²) in [6.45, 7) is 8.70. The second-order valence-corrected chi connectivity index (χ2v) is 5.65. The van der Waals surface area contributed by atoms with Gasteiger partial charge in [0.2, 0.25) is 0 Å². The summed E-state index contributed by atoms with van der Waals surface area (Å²) in [6.07, 6.45) is 0. The highest BCUT2D eigenvalue weighted by Gasteiger charge is 2.25. The Hall–Kier alpha value is -1.84. The highest BCUT2D eigenvalue weighted by atomic mass is 16.5. The summed E-state index contributed by atoms with van der Waals surface area (Å²) in [5.41, 5.74) is 7.47. The second-order valence-electron chi connectivity index (χ2n) is 5.65. The monoisotopic (exact) mass is 245 g/mol. The van der Waals surface area contributed by atoms with Crippen LogP contribution in [-0.2, 0) is 0 Å². The van der Waals surface area contributed by atoms with E-state index in [1.165, 1.54) is 0 Å². The van der Waals surface area contributed by atoms with Crippen LogP contribution in [0.15, 0.2) is 28.8 Å². The van der Waals surface area contributed by atoms with Crippen LogP contribution in [0.4, 0.5) is 5.82 Å². The lowest BCUT2D eigenvalue weighted by Gasteiger charge is -2.24. The van der Waals surface area contributed by atoms with Crippen LogP contribution in [0.3, 0.4) is 0 Å². The van der Waals surface area contributed by atoms with E-state index >= 15 is 0 Å². The number of pyridine rings is 1. The Labute approximate surface area is 107 Å². The van der Waals surface area contributed by atoms with Gasteiger partial charge < -0.3 is 10.3 Å². The van der Waals surface area contributed by atoms with Gasteiger partial charge in [-0.1, -0.05) is 38.9 Å². The van der Waals surface area contributed by atoms with Crippen molar-refractivity contribution in [1.82, 2.24) is 10.1 Å². The van der Waals surface area contributed by atoms with E-state index in [1.54, 1.807) is 6.07 Å². The lowest BCUT2D eigenvalue weighted by molar-refractivity contribution is 0.318. The Morgan fingerprint density at radius 3 is 2.61 bits per heavy atom. The van der Waals surface area contributed by atoms with E-state index < -0.39 is 0 Å². The lowest BCUT2D eigenvalue weighted by Crippen LogP contribution is -2.15. The van der Waals surface area contributed by atoms with Crippen molar-refractivity contribution in [2.24, 2.45) is 5.41 Å². The molecule has 0 radical (unpaired) electrons. The summed E-state index contributed by atoms with van der Waals surface area (Å²) in [7, 11) is 0. The second kappa shape index (κ2) is 4.44. The first-order chi connectivity index (χ1) is 8.38. The third-order valence-electron chi connectivity index (χ3n) is 3.29. The maximum Gasteiger partial charge on any atom is 0.185 e. The molecule has 2 rings (SSSR count). The number of nitrogens with zero attached hydrogens (tertiary/aromatic N) is 2. The minimum atomic E-state index is 0.150. The van der Waals surface area contributed by atoms with Crippen LogP contribution < -0.4 is 5.73 Å². The average molecular weight is 245 g/mol. The largest absolute Gasteiger partial charge is 0.384 e. The third-order valence-corrected chi connectivity index (χ3v) is 3.29. The zero-order chi connectivity index (χ0) is 13.3. The van der Waals surface area contributed by atoms with E-state index in [9.17, 15) is 0 Å². The van der Waals surface area contributed by atoms with Crippen molar-refractivity contribution in [2.75, 3.05) is 5.73 Å². The van der Waals surface area contributed by atoms with Crippen LogP contribution in [0.25, 0.3) is 11.5 Å². The lowest BCUT2D eigenvalue weighted by atomic mass is 9.80. The number of hydrogen-bond acceptors (Lipinski definition) is 4. The number of rotatable bonds is 2. The summed E-state index contributed by atoms with van der Waals surface area (Å²) in [4.78, 5) is 4.22. The molecule has 0 saturated carbocycles. The maximum absolute atomic E-state index is 5.66. The van der Waals surface area contributed by atoms with Gasteiger partial charge in [-0.2, -0.15) is 0 Å². The Balaban J connectivity index is 2.31. The highest BCUT2D eigenvalue weighted by molar-refractivity contribution is 5.54. The van der Waals surface area contributed by atoms with Crippen LogP contribution in [0.2, 0.25) is 0 Å². The number of nitrogen functional groups attached to an aromatic ring is 1. The molecule has 0 fully saturated rings. The first-order valence-electron chi connectivity index (χ1n) is 6.07. The van der Waals surface area contributed by atoms with E-state index in [0.29, 0.717) is 17.5 Å². The van der Waals surface area contributed by atoms with Crippen LogP contribution >= 0.6 is 0 Å². The van der Waals surface area contributed by atoms with E-state index in [0.717, 1.165) is 11.4 Å². The third kappa shape index (κ3) is 2.53. The Morgan fingerprint density at radius 1 is 1.28 bits per heavy atom. The van der Waals surface area contributed by atoms with Gasteiger partial charge in [0.05, 0.1) is 5.69 Å². The van der Waals surface area contributed by atoms with Crippen LogP contribution in [0.5, 0.6) is 0 Å². The van der Waals surface area contributed by atoms with Crippen LogP contribution in [0.1, 0.15) is 39.3 Å². The van der Waals surface area contributed by atoms with E-state index in [-0.39, 0.29) is 5.41 Å². The smallest absolute Gasteiger partial charge is 0.185 e. The van der Waals surface area contributed by atoms with E-state index in [4.69, 9.17) is 10.3 Å². The fourth-order valence-corrected chi connectivity index (χ4v) is 1.65. The summed E-state index contributed by atoms with van der Waals surface area (Å²) >= 11 is 0. The minimum Gasteiger partial charge on any atom is -0.384 e. The molecule has 4 heteroatoms. The first-order valence-corrected chi connectivity index (χ1v) is 6.07. The molecule has 2 aromatic rings. The topological polar surface area (TPSA) is 64.9 Å². The van der Waals surface area contributed by atoms with Gasteiger partial charge in [-0.15, -0.1) is 0 Å². The molecule has 0 saturated heterocycles. The summed E-state index contributed by atoms with van der Waals surface area (Å²) in [5, 5.41) is 4.13. The molecule has 0 amide bonds. The van der Waals surface area contributed by atoms with Gasteiger partial charge in [0, 0.05) is 12.0 Å². The van der Waals surface area contributed by atoms with Gasteiger partial charge in [-0.3, -0.25) is 0 Å². The number of nitrogens with two attached hydrogens (primary N) is 1. The average Bonchev–Trinajstić information content (AvgIpc) is 2.75. The Kier molecular flexibility index (Phi) is 3.11. The summed E-state index contributed by atoms with van der Waals surface area (Å²) in [5.74, 6) is 1.46.